The summed E-state index contributed by atoms with van der Waals surface area (Å²) in [5.41, 5.74) is 0. The fraction of sp³-hybridized carbons (Fsp3) is 0. The minimum Gasteiger partial charge on any atom is -0.870 e. The van der Waals surface area contributed by atoms with Crippen LogP contribution in [0.15, 0.2) is 0 Å². The van der Waals surface area contributed by atoms with Crippen LogP contribution in [0.4, 0.5) is 19.2 Å². The summed E-state index contributed by atoms with van der Waals surface area (Å²) >= 11 is 0. The fourth-order valence-electron chi connectivity index (χ4n) is 0. The van der Waals surface area contributed by atoms with E-state index in [0.717, 1.165) is 0 Å². The van der Waals surface area contributed by atoms with E-state index in [-0.39, 0.29) is 132 Å². The molecular formula is C4H4Mg5O15. The molecule has 120 valence electrons. The van der Waals surface area contributed by atoms with Crippen LogP contribution in [0.2, 0.25) is 0 Å². The Morgan fingerprint density at radius 2 is 0.375 bits per heavy atom. The molecule has 0 aromatic heterocycles. The van der Waals surface area contributed by atoms with Gasteiger partial charge in [-0.1, -0.05) is 0 Å². The van der Waals surface area contributed by atoms with Gasteiger partial charge < -0.3 is 76.5 Å². The average molecular weight is 414 g/mol. The minimum atomic E-state index is -2.33. The van der Waals surface area contributed by atoms with Crippen LogP contribution >= 0.6 is 0 Å². The molecule has 0 unspecified atom stereocenters. The second-order valence-corrected chi connectivity index (χ2v) is 1.00. The molecule has 0 saturated heterocycles. The fourth-order valence-corrected chi connectivity index (χ4v) is 0. The van der Waals surface area contributed by atoms with E-state index >= 15 is 0 Å². The molecule has 0 aromatic rings. The van der Waals surface area contributed by atoms with E-state index in [9.17, 15) is 0 Å². The van der Waals surface area contributed by atoms with Gasteiger partial charge >= 0.3 is 115 Å². The Hall–Kier alpha value is 0.791. The zero-order valence-corrected chi connectivity index (χ0v) is 18.9. The number of rotatable bonds is 0. The van der Waals surface area contributed by atoms with Crippen LogP contribution in [0.5, 0.6) is 0 Å². The third-order valence-electron chi connectivity index (χ3n) is 0. The Morgan fingerprint density at radius 1 is 0.375 bits per heavy atom. The average Bonchev–Trinajstić information content (AvgIpc) is 1.76. The van der Waals surface area contributed by atoms with Crippen molar-refractivity contribution in [3.63, 3.8) is 0 Å². The van der Waals surface area contributed by atoms with E-state index in [2.05, 4.69) is 0 Å². The summed E-state index contributed by atoms with van der Waals surface area (Å²) in [6.45, 7) is 0. The zero-order valence-electron chi connectivity index (χ0n) is 11.8. The zero-order chi connectivity index (χ0) is 14.3. The topological polar surface area (TPSA) is 344 Å². The molecule has 20 heteroatoms. The molecule has 0 aromatic carbocycles. The van der Waals surface area contributed by atoms with Gasteiger partial charge in [0, 0.05) is 0 Å². The van der Waals surface area contributed by atoms with Crippen LogP contribution in [0.25, 0.3) is 0 Å². The van der Waals surface area contributed by atoms with Gasteiger partial charge in [0.05, 0.1) is 0 Å². The van der Waals surface area contributed by atoms with Gasteiger partial charge in [0.1, 0.15) is 0 Å². The smallest absolute Gasteiger partial charge is 0.870 e. The summed E-state index contributed by atoms with van der Waals surface area (Å²) in [6, 6.07) is 0. The van der Waals surface area contributed by atoms with Gasteiger partial charge in [-0.3, -0.25) is 0 Å². The van der Waals surface area contributed by atoms with E-state index in [4.69, 9.17) is 60.0 Å². The van der Waals surface area contributed by atoms with E-state index in [1.165, 1.54) is 0 Å². The first-order valence-corrected chi connectivity index (χ1v) is 2.45. The van der Waals surface area contributed by atoms with Crippen LogP contribution in [-0.2, 0) is 0 Å². The monoisotopic (exact) mass is 412 g/mol. The second-order valence-electron chi connectivity index (χ2n) is 1.00. The predicted molar refractivity (Wildman–Crippen MR) is 57.8 cm³/mol. The van der Waals surface area contributed by atoms with Gasteiger partial charge in [-0.15, -0.1) is 0 Å². The SMILES string of the molecule is O.O=C([O-])[O-].O=C([O-])[O-].O=C([O-])[O-].O=C([O-])[O-].[Mg+2].[Mg+2].[Mg+2].[Mg+2].[Mg+2].[OH-].[OH-]. The Balaban J connectivity index is -0.00000000720. The Kier molecular flexibility index (Phi) is 270. The summed E-state index contributed by atoms with van der Waals surface area (Å²) in [5, 5.41) is 66.7. The molecule has 0 rings (SSSR count). The number of carboxylic acid groups (broad SMARTS) is 8. The third kappa shape index (κ3) is 17300. The molecule has 0 heterocycles. The van der Waals surface area contributed by atoms with Crippen LogP contribution in [0.1, 0.15) is 0 Å². The normalized spacial score (nSPS) is 4.00. The van der Waals surface area contributed by atoms with E-state index < -0.39 is 24.6 Å². The van der Waals surface area contributed by atoms with Crippen molar-refractivity contribution in [3.05, 3.63) is 0 Å². The van der Waals surface area contributed by atoms with Gasteiger partial charge in [-0.25, -0.2) is 0 Å². The first-order valence-electron chi connectivity index (χ1n) is 2.45. The predicted octanol–water partition coefficient (Wildman–Crippen LogP) is -12.9. The van der Waals surface area contributed by atoms with E-state index in [1.807, 2.05) is 0 Å². The van der Waals surface area contributed by atoms with Crippen molar-refractivity contribution >= 4 is 140 Å². The summed E-state index contributed by atoms with van der Waals surface area (Å²) in [7, 11) is 0. The molecule has 0 atom stereocenters. The first kappa shape index (κ1) is 85.8. The molecule has 4 N–H and O–H groups in total. The molecule has 0 aliphatic rings. The molecule has 24 heavy (non-hydrogen) atoms. The van der Waals surface area contributed by atoms with Crippen molar-refractivity contribution in [1.29, 1.82) is 0 Å². The van der Waals surface area contributed by atoms with Crippen LogP contribution < -0.4 is 40.9 Å². The van der Waals surface area contributed by atoms with Crippen LogP contribution in [0.3, 0.4) is 0 Å². The van der Waals surface area contributed by atoms with Crippen LogP contribution in [0, 0.1) is 0 Å². The van der Waals surface area contributed by atoms with Crippen LogP contribution in [-0.4, -0.2) is 156 Å². The van der Waals surface area contributed by atoms with Crippen molar-refractivity contribution < 1.29 is 76.5 Å². The molecule has 0 bridgehead atoms. The van der Waals surface area contributed by atoms with Crippen molar-refractivity contribution in [2.45, 2.75) is 0 Å². The maximum atomic E-state index is 8.33. The number of carbonyl (C=O) groups excluding carboxylic acids is 4. The molecule has 0 spiro atoms. The maximum absolute atomic E-state index is 8.33. The quantitative estimate of drug-likeness (QED) is 0.332. The summed E-state index contributed by atoms with van der Waals surface area (Å²) in [4.78, 5) is 33.3. The first-order chi connectivity index (χ1) is 6.93. The van der Waals surface area contributed by atoms with E-state index in [0.29, 0.717) is 0 Å². The maximum Gasteiger partial charge on any atom is 2.00 e. The third-order valence-corrected chi connectivity index (χ3v) is 0. The second kappa shape index (κ2) is 75.5. The largest absolute Gasteiger partial charge is 2.00 e. The summed E-state index contributed by atoms with van der Waals surface area (Å²) in [6.07, 6.45) is -9.33. The Morgan fingerprint density at radius 3 is 0.375 bits per heavy atom. The molecule has 0 aliphatic carbocycles. The Labute approximate surface area is 214 Å². The summed E-state index contributed by atoms with van der Waals surface area (Å²) < 4.78 is 0. The molecular weight excluding hydrogens is 410 g/mol. The molecule has 0 aliphatic heterocycles. The molecule has 15 nitrogen and oxygen atoms in total. The number of hydrogen-bond acceptors (Lipinski definition) is 14. The number of hydrogen-bond donors (Lipinski definition) is 0. The van der Waals surface area contributed by atoms with Crippen molar-refractivity contribution in [1.82, 2.24) is 0 Å². The van der Waals surface area contributed by atoms with Gasteiger partial charge in [-0.2, -0.15) is 0 Å². The number of carbonyl (C=O) groups is 4. The summed E-state index contributed by atoms with van der Waals surface area (Å²) in [5.74, 6) is 0. The van der Waals surface area contributed by atoms with Crippen molar-refractivity contribution in [3.8, 4) is 0 Å². The molecule has 0 amide bonds. The van der Waals surface area contributed by atoms with E-state index in [1.54, 1.807) is 0 Å². The van der Waals surface area contributed by atoms with Gasteiger partial charge in [-0.05, 0) is 24.6 Å². The van der Waals surface area contributed by atoms with Gasteiger partial charge in [0.15, 0.2) is 0 Å². The molecule has 0 saturated carbocycles. The van der Waals surface area contributed by atoms with Gasteiger partial charge in [0.2, 0.25) is 0 Å². The standard InChI is InChI=1S/4CH2O3.5Mg.3H2O/c4*2-1(3)4;;;;;;;;/h4*(H2,2,3,4);;;;;;3*1H2/q;;;;5*+2;;;/p-10. The van der Waals surface area contributed by atoms with Crippen molar-refractivity contribution in [2.75, 3.05) is 0 Å². The molecule has 0 radical (unpaired) electrons. The minimum absolute atomic E-state index is 0. The van der Waals surface area contributed by atoms with Gasteiger partial charge in [0.25, 0.3) is 0 Å². The Bertz CT molecular complexity index is 172. The molecule has 0 fully saturated rings. The van der Waals surface area contributed by atoms with Crippen molar-refractivity contribution in [2.24, 2.45) is 0 Å².